The largest absolute Gasteiger partial charge is 0.325 e. The van der Waals surface area contributed by atoms with Crippen LogP contribution in [0.25, 0.3) is 10.8 Å². The van der Waals surface area contributed by atoms with Crippen LogP contribution < -0.4 is 5.32 Å². The Morgan fingerprint density at radius 1 is 0.933 bits per heavy atom. The highest BCUT2D eigenvalue weighted by Gasteiger charge is 2.10. The molecule has 0 saturated heterocycles. The summed E-state index contributed by atoms with van der Waals surface area (Å²) >= 11 is 16.4. The lowest BCUT2D eigenvalue weighted by atomic mass is 10.1. The first kappa shape index (κ1) is 21.5. The number of halogens is 2. The Morgan fingerprint density at radius 3 is 2.43 bits per heavy atom. The Hall–Kier alpha value is -1.77. The number of thioether (sulfide) groups is 2. The molecular formula is C21H15Cl2N3OS3. The summed E-state index contributed by atoms with van der Waals surface area (Å²) in [5.41, 5.74) is 1.84. The first-order valence-electron chi connectivity index (χ1n) is 8.88. The maximum Gasteiger partial charge on any atom is 0.234 e. The van der Waals surface area contributed by atoms with E-state index in [1.54, 1.807) is 30.0 Å². The van der Waals surface area contributed by atoms with Crippen molar-refractivity contribution in [1.82, 2.24) is 10.2 Å². The van der Waals surface area contributed by atoms with Crippen LogP contribution in [-0.2, 0) is 10.5 Å². The predicted molar refractivity (Wildman–Crippen MR) is 129 cm³/mol. The number of carbonyl (C=O) groups is 1. The molecule has 30 heavy (non-hydrogen) atoms. The summed E-state index contributed by atoms with van der Waals surface area (Å²) in [4.78, 5) is 12.2. The van der Waals surface area contributed by atoms with Crippen molar-refractivity contribution in [3.8, 4) is 0 Å². The van der Waals surface area contributed by atoms with Crippen molar-refractivity contribution in [1.29, 1.82) is 0 Å². The van der Waals surface area contributed by atoms with Crippen LogP contribution in [-0.4, -0.2) is 21.9 Å². The maximum atomic E-state index is 12.2. The number of nitrogens with one attached hydrogen (secondary N) is 1. The summed E-state index contributed by atoms with van der Waals surface area (Å²) in [6, 6.07) is 19.6. The van der Waals surface area contributed by atoms with Gasteiger partial charge in [-0.2, -0.15) is 0 Å². The molecule has 0 aliphatic heterocycles. The molecule has 0 fully saturated rings. The number of carbonyl (C=O) groups excluding carboxylic acids is 1. The van der Waals surface area contributed by atoms with E-state index in [2.05, 4.69) is 51.9 Å². The van der Waals surface area contributed by atoms with Gasteiger partial charge in [0.1, 0.15) is 0 Å². The molecule has 0 saturated carbocycles. The zero-order valence-electron chi connectivity index (χ0n) is 15.5. The van der Waals surface area contributed by atoms with E-state index in [1.807, 2.05) is 6.07 Å². The van der Waals surface area contributed by atoms with E-state index in [0.29, 0.717) is 15.7 Å². The second-order valence-electron chi connectivity index (χ2n) is 6.26. The van der Waals surface area contributed by atoms with Crippen LogP contribution in [0.5, 0.6) is 0 Å². The minimum absolute atomic E-state index is 0.154. The Kier molecular flexibility index (Phi) is 7.17. The molecule has 0 aliphatic rings. The van der Waals surface area contributed by atoms with E-state index >= 15 is 0 Å². The molecule has 4 aromatic rings. The molecule has 9 heteroatoms. The summed E-state index contributed by atoms with van der Waals surface area (Å²) < 4.78 is 1.64. The lowest BCUT2D eigenvalue weighted by molar-refractivity contribution is -0.113. The number of hydrogen-bond acceptors (Lipinski definition) is 6. The van der Waals surface area contributed by atoms with Crippen LogP contribution in [0.3, 0.4) is 0 Å². The van der Waals surface area contributed by atoms with Crippen molar-refractivity contribution < 1.29 is 4.79 Å². The molecule has 4 nitrogen and oxygen atoms in total. The zero-order valence-corrected chi connectivity index (χ0v) is 19.4. The van der Waals surface area contributed by atoms with E-state index in [-0.39, 0.29) is 11.7 Å². The lowest BCUT2D eigenvalue weighted by Gasteiger charge is -2.05. The normalized spacial score (nSPS) is 11.0. The fourth-order valence-electron chi connectivity index (χ4n) is 2.82. The summed E-state index contributed by atoms with van der Waals surface area (Å²) in [5.74, 6) is 0.891. The minimum atomic E-state index is -0.154. The van der Waals surface area contributed by atoms with Crippen molar-refractivity contribution in [3.63, 3.8) is 0 Å². The first-order valence-corrected chi connectivity index (χ1v) is 12.4. The van der Waals surface area contributed by atoms with Crippen molar-refractivity contribution in [3.05, 3.63) is 76.3 Å². The Balaban J connectivity index is 1.31. The van der Waals surface area contributed by atoms with E-state index in [0.717, 1.165) is 14.4 Å². The van der Waals surface area contributed by atoms with Gasteiger partial charge in [0, 0.05) is 21.5 Å². The highest BCUT2D eigenvalue weighted by Crippen LogP contribution is 2.32. The number of nitrogens with zero attached hydrogens (tertiary/aromatic N) is 2. The van der Waals surface area contributed by atoms with Crippen molar-refractivity contribution in [2.24, 2.45) is 0 Å². The molecule has 1 aromatic heterocycles. The number of rotatable bonds is 7. The third-order valence-electron chi connectivity index (χ3n) is 4.09. The molecule has 1 N–H and O–H groups in total. The standard InChI is InChI=1S/C21H15Cl2N3OS3/c22-15-8-16(23)10-17(9-15)24-19(27)12-29-21-26-25-20(30-21)28-11-14-6-3-5-13-4-1-2-7-18(13)14/h1-10H,11-12H2,(H,24,27). The van der Waals surface area contributed by atoms with Gasteiger partial charge < -0.3 is 5.32 Å². The average Bonchev–Trinajstić information content (AvgIpc) is 3.18. The number of fused-ring (bicyclic) bond motifs is 1. The van der Waals surface area contributed by atoms with Crippen molar-refractivity contribution in [2.45, 2.75) is 14.4 Å². The second-order valence-corrected chi connectivity index (χ2v) is 10.6. The van der Waals surface area contributed by atoms with E-state index in [1.165, 1.54) is 39.4 Å². The van der Waals surface area contributed by atoms with Gasteiger partial charge in [-0.25, -0.2) is 0 Å². The summed E-state index contributed by atoms with van der Waals surface area (Å²) in [7, 11) is 0. The smallest absolute Gasteiger partial charge is 0.234 e. The molecule has 1 heterocycles. The molecule has 152 valence electrons. The van der Waals surface area contributed by atoms with Crippen LogP contribution in [0.4, 0.5) is 5.69 Å². The van der Waals surface area contributed by atoms with Crippen LogP contribution in [0, 0.1) is 0 Å². The van der Waals surface area contributed by atoms with Gasteiger partial charge in [-0.1, -0.05) is 101 Å². The maximum absolute atomic E-state index is 12.2. The van der Waals surface area contributed by atoms with Gasteiger partial charge in [0.05, 0.1) is 5.75 Å². The third-order valence-corrected chi connectivity index (χ3v) is 7.77. The molecule has 0 spiro atoms. The molecule has 0 aliphatic carbocycles. The summed E-state index contributed by atoms with van der Waals surface area (Å²) in [6.45, 7) is 0. The van der Waals surface area contributed by atoms with Gasteiger partial charge >= 0.3 is 0 Å². The summed E-state index contributed by atoms with van der Waals surface area (Å²) in [5, 5.41) is 14.6. The number of benzene rings is 3. The zero-order chi connectivity index (χ0) is 20.9. The fraction of sp³-hybridized carbons (Fsp3) is 0.0952. The number of amides is 1. The topological polar surface area (TPSA) is 54.9 Å². The van der Waals surface area contributed by atoms with Gasteiger partial charge in [0.2, 0.25) is 5.91 Å². The van der Waals surface area contributed by atoms with E-state index in [4.69, 9.17) is 23.2 Å². The number of anilines is 1. The van der Waals surface area contributed by atoms with Crippen LogP contribution in [0.15, 0.2) is 69.3 Å². The van der Waals surface area contributed by atoms with E-state index in [9.17, 15) is 4.79 Å². The Morgan fingerprint density at radius 2 is 1.63 bits per heavy atom. The highest BCUT2D eigenvalue weighted by molar-refractivity contribution is 8.03. The van der Waals surface area contributed by atoms with Gasteiger partial charge in [-0.15, -0.1) is 10.2 Å². The van der Waals surface area contributed by atoms with Crippen LogP contribution >= 0.6 is 58.1 Å². The Bertz CT molecular complexity index is 1170. The van der Waals surface area contributed by atoms with Crippen LogP contribution in [0.1, 0.15) is 5.56 Å². The average molecular weight is 492 g/mol. The minimum Gasteiger partial charge on any atom is -0.325 e. The van der Waals surface area contributed by atoms with Gasteiger partial charge in [-0.3, -0.25) is 4.79 Å². The van der Waals surface area contributed by atoms with E-state index < -0.39 is 0 Å². The Labute approximate surface area is 196 Å². The SMILES string of the molecule is O=C(CSc1nnc(SCc2cccc3ccccc23)s1)Nc1cc(Cl)cc(Cl)c1. The molecule has 0 radical (unpaired) electrons. The second kappa shape index (κ2) is 10.0. The molecule has 0 atom stereocenters. The highest BCUT2D eigenvalue weighted by atomic mass is 35.5. The first-order chi connectivity index (χ1) is 14.6. The van der Waals surface area contributed by atoms with Gasteiger partial charge in [0.15, 0.2) is 8.68 Å². The molecule has 0 unspecified atom stereocenters. The summed E-state index contributed by atoms with van der Waals surface area (Å²) in [6.07, 6.45) is 0. The van der Waals surface area contributed by atoms with Crippen molar-refractivity contribution >= 4 is 80.4 Å². The molecule has 4 rings (SSSR count). The lowest BCUT2D eigenvalue weighted by Crippen LogP contribution is -2.13. The fourth-order valence-corrected chi connectivity index (χ4v) is 6.17. The molecule has 1 amide bonds. The van der Waals surface area contributed by atoms with Crippen molar-refractivity contribution in [2.75, 3.05) is 11.1 Å². The number of hydrogen-bond donors (Lipinski definition) is 1. The molecule has 0 bridgehead atoms. The monoisotopic (exact) mass is 491 g/mol. The molecular weight excluding hydrogens is 477 g/mol. The molecule has 3 aromatic carbocycles. The number of aromatic nitrogens is 2. The third kappa shape index (κ3) is 5.68. The quantitative estimate of drug-likeness (QED) is 0.281. The van der Waals surface area contributed by atoms with Gasteiger partial charge in [0.25, 0.3) is 0 Å². The predicted octanol–water partition coefficient (Wildman–Crippen LogP) is 7.02. The van der Waals surface area contributed by atoms with Crippen LogP contribution in [0.2, 0.25) is 10.0 Å². The van der Waals surface area contributed by atoms with Gasteiger partial charge in [-0.05, 0) is 34.5 Å².